The van der Waals surface area contributed by atoms with Gasteiger partial charge in [0.2, 0.25) is 0 Å². The maximum atomic E-state index is 14.1. The summed E-state index contributed by atoms with van der Waals surface area (Å²) >= 11 is 1.46. The summed E-state index contributed by atoms with van der Waals surface area (Å²) in [5.74, 6) is -0.882. The summed E-state index contributed by atoms with van der Waals surface area (Å²) in [5, 5.41) is 5.66. The van der Waals surface area contributed by atoms with Crippen molar-refractivity contribution in [2.45, 2.75) is 19.9 Å². The molecule has 0 unspecified atom stereocenters. The van der Waals surface area contributed by atoms with Gasteiger partial charge in [0.15, 0.2) is 0 Å². The lowest BCUT2D eigenvalue weighted by Gasteiger charge is -2.22. The van der Waals surface area contributed by atoms with Gasteiger partial charge in [-0.2, -0.15) is 5.10 Å². The van der Waals surface area contributed by atoms with E-state index in [1.807, 2.05) is 35.9 Å². The molecule has 2 amide bonds. The number of carbonyl (C=O) groups excluding carboxylic acids is 2. The summed E-state index contributed by atoms with van der Waals surface area (Å²) in [4.78, 5) is 31.2. The molecule has 1 fully saturated rings. The highest BCUT2D eigenvalue weighted by Crippen LogP contribution is 2.30. The molecule has 1 aliphatic rings. The van der Waals surface area contributed by atoms with Gasteiger partial charge < -0.3 is 9.80 Å². The minimum absolute atomic E-state index is 0.0351. The van der Waals surface area contributed by atoms with E-state index < -0.39 is 5.82 Å². The molecule has 5 rings (SSSR count). The third-order valence-electron chi connectivity index (χ3n) is 6.17. The van der Waals surface area contributed by atoms with E-state index >= 15 is 0 Å². The van der Waals surface area contributed by atoms with Crippen molar-refractivity contribution in [3.8, 4) is 0 Å². The van der Waals surface area contributed by atoms with Crippen molar-refractivity contribution >= 4 is 33.4 Å². The predicted molar refractivity (Wildman–Crippen MR) is 131 cm³/mol. The SMILES string of the molecule is Cc1nn(Cc2ccccc2)c2sc(C(=O)N3CCCN(C(=O)c4ccccc4F)CC3)cc12. The molecule has 0 saturated carbocycles. The lowest BCUT2D eigenvalue weighted by Crippen LogP contribution is -2.37. The lowest BCUT2D eigenvalue weighted by atomic mass is 10.2. The fourth-order valence-corrected chi connectivity index (χ4v) is 5.49. The zero-order chi connectivity index (χ0) is 23.7. The molecule has 4 aromatic rings. The summed E-state index contributed by atoms with van der Waals surface area (Å²) in [6.07, 6.45) is 0.650. The molecule has 0 atom stereocenters. The fourth-order valence-electron chi connectivity index (χ4n) is 4.37. The van der Waals surface area contributed by atoms with Gasteiger partial charge in [-0.05, 0) is 37.1 Å². The second-order valence-electron chi connectivity index (χ2n) is 8.48. The molecular weight excluding hydrogens is 451 g/mol. The van der Waals surface area contributed by atoms with Crippen LogP contribution in [0.3, 0.4) is 0 Å². The van der Waals surface area contributed by atoms with Crippen molar-refractivity contribution in [2.75, 3.05) is 26.2 Å². The number of fused-ring (bicyclic) bond motifs is 1. The average Bonchev–Trinajstić information content (AvgIpc) is 3.30. The Labute approximate surface area is 201 Å². The van der Waals surface area contributed by atoms with E-state index in [0.717, 1.165) is 21.5 Å². The second kappa shape index (κ2) is 9.38. The summed E-state index contributed by atoms with van der Waals surface area (Å²) in [7, 11) is 0. The van der Waals surface area contributed by atoms with Crippen LogP contribution >= 0.6 is 11.3 Å². The molecule has 0 radical (unpaired) electrons. The number of rotatable bonds is 4. The monoisotopic (exact) mass is 476 g/mol. The van der Waals surface area contributed by atoms with Crippen LogP contribution in [0.4, 0.5) is 4.39 Å². The molecule has 34 heavy (non-hydrogen) atoms. The number of aryl methyl sites for hydroxylation is 1. The van der Waals surface area contributed by atoms with Crippen LogP contribution in [0, 0.1) is 12.7 Å². The maximum Gasteiger partial charge on any atom is 0.264 e. The molecule has 0 N–H and O–H groups in total. The molecule has 0 spiro atoms. The number of halogens is 1. The Bertz CT molecular complexity index is 1350. The molecule has 0 bridgehead atoms. The van der Waals surface area contributed by atoms with E-state index in [1.54, 1.807) is 21.9 Å². The summed E-state index contributed by atoms with van der Waals surface area (Å²) < 4.78 is 16.0. The highest BCUT2D eigenvalue weighted by Gasteiger charge is 2.26. The second-order valence-corrected chi connectivity index (χ2v) is 9.51. The Morgan fingerprint density at radius 2 is 1.62 bits per heavy atom. The topological polar surface area (TPSA) is 58.4 Å². The number of hydrogen-bond acceptors (Lipinski definition) is 4. The standard InChI is InChI=1S/C26H25FN4O2S/c1-18-21-16-23(34-26(21)31(28-18)17-19-8-3-2-4-9-19)25(33)30-13-7-12-29(14-15-30)24(32)20-10-5-6-11-22(20)27/h2-6,8-11,16H,7,12-15,17H2,1H3. The van der Waals surface area contributed by atoms with Crippen molar-refractivity contribution in [2.24, 2.45) is 0 Å². The quantitative estimate of drug-likeness (QED) is 0.433. The molecule has 1 saturated heterocycles. The Kier molecular flexibility index (Phi) is 6.15. The van der Waals surface area contributed by atoms with Gasteiger partial charge >= 0.3 is 0 Å². The molecule has 0 aliphatic carbocycles. The Morgan fingerprint density at radius 3 is 2.35 bits per heavy atom. The van der Waals surface area contributed by atoms with Gasteiger partial charge in [0.05, 0.1) is 22.7 Å². The third-order valence-corrected chi connectivity index (χ3v) is 7.30. The van der Waals surface area contributed by atoms with Gasteiger partial charge in [-0.3, -0.25) is 14.3 Å². The number of aromatic nitrogens is 2. The van der Waals surface area contributed by atoms with Crippen molar-refractivity contribution in [1.29, 1.82) is 0 Å². The van der Waals surface area contributed by atoms with Gasteiger partial charge in [-0.25, -0.2) is 4.39 Å². The molecule has 8 heteroatoms. The van der Waals surface area contributed by atoms with Gasteiger partial charge in [0.1, 0.15) is 10.6 Å². The van der Waals surface area contributed by atoms with Crippen LogP contribution in [0.25, 0.3) is 10.2 Å². The minimum Gasteiger partial charge on any atom is -0.337 e. The minimum atomic E-state index is -0.519. The van der Waals surface area contributed by atoms with Crippen LogP contribution in [0.2, 0.25) is 0 Å². The molecule has 174 valence electrons. The number of hydrogen-bond donors (Lipinski definition) is 0. The van der Waals surface area contributed by atoms with E-state index in [-0.39, 0.29) is 17.4 Å². The molecule has 2 aromatic carbocycles. The molecular formula is C26H25FN4O2S. The van der Waals surface area contributed by atoms with Crippen molar-refractivity contribution < 1.29 is 14.0 Å². The number of thiophene rings is 1. The number of amides is 2. The van der Waals surface area contributed by atoms with Crippen molar-refractivity contribution in [3.63, 3.8) is 0 Å². The molecule has 1 aliphatic heterocycles. The third kappa shape index (κ3) is 4.33. The Hall–Kier alpha value is -3.52. The number of carbonyl (C=O) groups is 2. The fraction of sp³-hybridized carbons (Fsp3) is 0.269. The van der Waals surface area contributed by atoms with Gasteiger partial charge in [0.25, 0.3) is 11.8 Å². The van der Waals surface area contributed by atoms with Crippen LogP contribution in [-0.4, -0.2) is 57.6 Å². The first-order valence-corrected chi connectivity index (χ1v) is 12.2. The van der Waals surface area contributed by atoms with E-state index in [0.29, 0.717) is 44.0 Å². The highest BCUT2D eigenvalue weighted by atomic mass is 32.1. The normalized spacial score (nSPS) is 14.4. The first-order chi connectivity index (χ1) is 16.5. The van der Waals surface area contributed by atoms with E-state index in [2.05, 4.69) is 17.2 Å². The lowest BCUT2D eigenvalue weighted by molar-refractivity contribution is 0.0718. The van der Waals surface area contributed by atoms with Gasteiger partial charge in [-0.1, -0.05) is 42.5 Å². The van der Waals surface area contributed by atoms with Gasteiger partial charge in [0, 0.05) is 31.6 Å². The highest BCUT2D eigenvalue weighted by molar-refractivity contribution is 7.20. The van der Waals surface area contributed by atoms with Crippen molar-refractivity contribution in [1.82, 2.24) is 19.6 Å². The zero-order valence-corrected chi connectivity index (χ0v) is 19.7. The van der Waals surface area contributed by atoms with Crippen molar-refractivity contribution in [3.05, 3.63) is 88.2 Å². The zero-order valence-electron chi connectivity index (χ0n) is 18.9. The first kappa shape index (κ1) is 22.3. The summed E-state index contributed by atoms with van der Waals surface area (Å²) in [5.41, 5.74) is 2.13. The number of benzene rings is 2. The van der Waals surface area contributed by atoms with Crippen LogP contribution in [0.5, 0.6) is 0 Å². The van der Waals surface area contributed by atoms with E-state index in [9.17, 15) is 14.0 Å². The van der Waals surface area contributed by atoms with E-state index in [4.69, 9.17) is 0 Å². The van der Waals surface area contributed by atoms with Crippen LogP contribution in [0.15, 0.2) is 60.7 Å². The maximum absolute atomic E-state index is 14.1. The molecule has 3 heterocycles. The Morgan fingerprint density at radius 1 is 0.941 bits per heavy atom. The van der Waals surface area contributed by atoms with Crippen LogP contribution in [-0.2, 0) is 6.54 Å². The molecule has 2 aromatic heterocycles. The molecule has 6 nitrogen and oxygen atoms in total. The largest absolute Gasteiger partial charge is 0.337 e. The summed E-state index contributed by atoms with van der Waals surface area (Å²) in [6, 6.07) is 18.1. The van der Waals surface area contributed by atoms with Gasteiger partial charge in [-0.15, -0.1) is 11.3 Å². The Balaban J connectivity index is 1.32. The predicted octanol–water partition coefficient (Wildman–Crippen LogP) is 4.58. The van der Waals surface area contributed by atoms with Crippen LogP contribution in [0.1, 0.15) is 37.7 Å². The smallest absolute Gasteiger partial charge is 0.264 e. The summed E-state index contributed by atoms with van der Waals surface area (Å²) in [6.45, 7) is 4.46. The first-order valence-electron chi connectivity index (χ1n) is 11.3. The average molecular weight is 477 g/mol. The van der Waals surface area contributed by atoms with E-state index in [1.165, 1.54) is 23.5 Å². The number of nitrogens with zero attached hydrogens (tertiary/aromatic N) is 4. The van der Waals surface area contributed by atoms with Crippen LogP contribution < -0.4 is 0 Å².